The van der Waals surface area contributed by atoms with Gasteiger partial charge in [0.25, 0.3) is 0 Å². The molecule has 0 aliphatic carbocycles. The molecular formula is C15H13F5N2O. The zero-order valence-corrected chi connectivity index (χ0v) is 11.7. The molecule has 0 saturated heterocycles. The molecule has 0 aliphatic rings. The predicted molar refractivity (Wildman–Crippen MR) is 73.9 cm³/mol. The summed E-state index contributed by atoms with van der Waals surface area (Å²) in [5.41, 5.74) is 10.1. The Labute approximate surface area is 128 Å². The third-order valence-corrected chi connectivity index (χ3v) is 3.11. The summed E-state index contributed by atoms with van der Waals surface area (Å²) < 4.78 is 70.3. The first kappa shape index (κ1) is 17.2. The lowest BCUT2D eigenvalue weighted by atomic mass is 10.1. The Hall–Kier alpha value is -2.19. The van der Waals surface area contributed by atoms with Crippen LogP contribution in [0.1, 0.15) is 17.2 Å². The number of rotatable bonds is 4. The van der Waals surface area contributed by atoms with Crippen molar-refractivity contribution in [1.29, 1.82) is 0 Å². The number of nitrogens with two attached hydrogens (primary N) is 2. The standard InChI is InChI=1S/C15H13F5N2O/c16-10-5-8(15(18,19)20)6-11(17)14(10)23-13-4-2-1-3-9(13)12(22)7-21/h1-6,12H,7,21-22H2. The molecular weight excluding hydrogens is 319 g/mol. The van der Waals surface area contributed by atoms with Crippen molar-refractivity contribution in [2.45, 2.75) is 12.2 Å². The van der Waals surface area contributed by atoms with Crippen LogP contribution in [0.5, 0.6) is 11.5 Å². The number of halogens is 5. The van der Waals surface area contributed by atoms with Crippen molar-refractivity contribution in [1.82, 2.24) is 0 Å². The van der Waals surface area contributed by atoms with Crippen molar-refractivity contribution in [2.24, 2.45) is 11.5 Å². The van der Waals surface area contributed by atoms with E-state index >= 15 is 0 Å². The van der Waals surface area contributed by atoms with Gasteiger partial charge in [0.2, 0.25) is 0 Å². The van der Waals surface area contributed by atoms with Crippen molar-refractivity contribution in [3.63, 3.8) is 0 Å². The Bertz CT molecular complexity index is 680. The predicted octanol–water partition coefficient (Wildman–Crippen LogP) is 3.73. The van der Waals surface area contributed by atoms with Gasteiger partial charge in [-0.3, -0.25) is 0 Å². The SMILES string of the molecule is NCC(N)c1ccccc1Oc1c(F)cc(C(F)(F)F)cc1F. The summed E-state index contributed by atoms with van der Waals surface area (Å²) in [6.45, 7) is 0.0539. The van der Waals surface area contributed by atoms with Gasteiger partial charge in [-0.25, -0.2) is 8.78 Å². The van der Waals surface area contributed by atoms with Gasteiger partial charge in [0.1, 0.15) is 5.75 Å². The second-order valence-corrected chi connectivity index (χ2v) is 4.75. The number of alkyl halides is 3. The molecule has 2 aromatic rings. The highest BCUT2D eigenvalue weighted by Crippen LogP contribution is 2.36. The van der Waals surface area contributed by atoms with Gasteiger partial charge in [0, 0.05) is 18.2 Å². The van der Waals surface area contributed by atoms with E-state index in [1.54, 1.807) is 12.1 Å². The van der Waals surface area contributed by atoms with Crippen LogP contribution >= 0.6 is 0 Å². The Balaban J connectivity index is 2.42. The maximum Gasteiger partial charge on any atom is 0.416 e. The van der Waals surface area contributed by atoms with Gasteiger partial charge in [0.05, 0.1) is 5.56 Å². The lowest BCUT2D eigenvalue weighted by Gasteiger charge is -2.16. The fourth-order valence-electron chi connectivity index (χ4n) is 1.94. The zero-order chi connectivity index (χ0) is 17.2. The van der Waals surface area contributed by atoms with Crippen LogP contribution < -0.4 is 16.2 Å². The summed E-state index contributed by atoms with van der Waals surface area (Å²) in [7, 11) is 0. The normalized spacial score (nSPS) is 13.0. The monoisotopic (exact) mass is 332 g/mol. The molecule has 0 spiro atoms. The van der Waals surface area contributed by atoms with Crippen molar-refractivity contribution in [2.75, 3.05) is 6.54 Å². The molecule has 0 amide bonds. The van der Waals surface area contributed by atoms with E-state index in [1.807, 2.05) is 0 Å². The highest BCUT2D eigenvalue weighted by atomic mass is 19.4. The molecule has 4 N–H and O–H groups in total. The number of hydrogen-bond donors (Lipinski definition) is 2. The summed E-state index contributed by atoms with van der Waals surface area (Å²) in [5, 5.41) is 0. The molecule has 3 nitrogen and oxygen atoms in total. The Kier molecular flexibility index (Phi) is 4.86. The maximum atomic E-state index is 13.8. The van der Waals surface area contributed by atoms with Crippen LogP contribution in [0.4, 0.5) is 22.0 Å². The third kappa shape index (κ3) is 3.77. The zero-order valence-electron chi connectivity index (χ0n) is 11.7. The van der Waals surface area contributed by atoms with E-state index in [0.29, 0.717) is 5.56 Å². The van der Waals surface area contributed by atoms with Crippen LogP contribution in [0.15, 0.2) is 36.4 Å². The minimum atomic E-state index is -4.86. The number of benzene rings is 2. The van der Waals surface area contributed by atoms with Gasteiger partial charge >= 0.3 is 6.18 Å². The molecule has 0 aliphatic heterocycles. The molecule has 2 rings (SSSR count). The lowest BCUT2D eigenvalue weighted by molar-refractivity contribution is -0.138. The van der Waals surface area contributed by atoms with Gasteiger partial charge in [-0.05, 0) is 18.2 Å². The van der Waals surface area contributed by atoms with Crippen molar-refractivity contribution < 1.29 is 26.7 Å². The molecule has 8 heteroatoms. The first-order valence-electron chi connectivity index (χ1n) is 6.52. The first-order chi connectivity index (χ1) is 10.7. The largest absolute Gasteiger partial charge is 0.451 e. The van der Waals surface area contributed by atoms with Crippen molar-refractivity contribution in [3.05, 3.63) is 59.2 Å². The molecule has 0 fully saturated rings. The van der Waals surface area contributed by atoms with Crippen molar-refractivity contribution >= 4 is 0 Å². The number of hydrogen-bond acceptors (Lipinski definition) is 3. The smallest absolute Gasteiger partial charge is 0.416 e. The molecule has 1 unspecified atom stereocenters. The highest BCUT2D eigenvalue weighted by molar-refractivity contribution is 5.41. The van der Waals surface area contributed by atoms with E-state index in [9.17, 15) is 22.0 Å². The van der Waals surface area contributed by atoms with Crippen LogP contribution in [0.2, 0.25) is 0 Å². The van der Waals surface area contributed by atoms with Gasteiger partial charge in [-0.1, -0.05) is 18.2 Å². The van der Waals surface area contributed by atoms with Crippen molar-refractivity contribution in [3.8, 4) is 11.5 Å². The molecule has 0 radical (unpaired) electrons. The van der Waals surface area contributed by atoms with Crippen LogP contribution in [-0.4, -0.2) is 6.54 Å². The lowest BCUT2D eigenvalue weighted by Crippen LogP contribution is -2.21. The van der Waals surface area contributed by atoms with Gasteiger partial charge in [-0.15, -0.1) is 0 Å². The van der Waals surface area contributed by atoms with E-state index in [0.717, 1.165) is 0 Å². The topological polar surface area (TPSA) is 61.3 Å². The fraction of sp³-hybridized carbons (Fsp3) is 0.200. The van der Waals surface area contributed by atoms with Crippen LogP contribution in [0.25, 0.3) is 0 Å². The summed E-state index contributed by atoms with van der Waals surface area (Å²) >= 11 is 0. The van der Waals surface area contributed by atoms with Gasteiger partial charge in [0.15, 0.2) is 17.4 Å². The van der Waals surface area contributed by atoms with Crippen LogP contribution in [-0.2, 0) is 6.18 Å². The van der Waals surface area contributed by atoms with Gasteiger partial charge in [-0.2, -0.15) is 13.2 Å². The minimum Gasteiger partial charge on any atom is -0.451 e. The maximum absolute atomic E-state index is 13.8. The summed E-state index contributed by atoms with van der Waals surface area (Å²) in [6.07, 6.45) is -4.86. The molecule has 0 aromatic heterocycles. The van der Waals surface area contributed by atoms with E-state index in [-0.39, 0.29) is 24.4 Å². The second-order valence-electron chi connectivity index (χ2n) is 4.75. The molecule has 1 atom stereocenters. The average Bonchev–Trinajstić information content (AvgIpc) is 2.49. The summed E-state index contributed by atoms with van der Waals surface area (Å²) in [6, 6.07) is 5.79. The molecule has 0 bridgehead atoms. The quantitative estimate of drug-likeness (QED) is 0.839. The van der Waals surface area contributed by atoms with E-state index < -0.39 is 35.2 Å². The fourth-order valence-corrected chi connectivity index (χ4v) is 1.94. The highest BCUT2D eigenvalue weighted by Gasteiger charge is 2.33. The molecule has 0 saturated carbocycles. The number of ether oxygens (including phenoxy) is 1. The average molecular weight is 332 g/mol. The first-order valence-corrected chi connectivity index (χ1v) is 6.52. The van der Waals surface area contributed by atoms with E-state index in [2.05, 4.69) is 0 Å². The Morgan fingerprint density at radius 2 is 1.61 bits per heavy atom. The van der Waals surface area contributed by atoms with E-state index in [4.69, 9.17) is 16.2 Å². The summed E-state index contributed by atoms with van der Waals surface area (Å²) in [4.78, 5) is 0. The van der Waals surface area contributed by atoms with Crippen LogP contribution in [0.3, 0.4) is 0 Å². The molecule has 0 heterocycles. The summed E-state index contributed by atoms with van der Waals surface area (Å²) in [5.74, 6) is -3.85. The molecule has 2 aromatic carbocycles. The third-order valence-electron chi connectivity index (χ3n) is 3.11. The Morgan fingerprint density at radius 3 is 2.13 bits per heavy atom. The molecule has 23 heavy (non-hydrogen) atoms. The van der Waals surface area contributed by atoms with Gasteiger partial charge < -0.3 is 16.2 Å². The second kappa shape index (κ2) is 6.51. The Morgan fingerprint density at radius 1 is 1.04 bits per heavy atom. The van der Waals surface area contributed by atoms with Crippen LogP contribution in [0, 0.1) is 11.6 Å². The van der Waals surface area contributed by atoms with E-state index in [1.165, 1.54) is 12.1 Å². The minimum absolute atomic E-state index is 0.0167. The molecule has 124 valence electrons. The number of para-hydroxylation sites is 1.